The lowest BCUT2D eigenvalue weighted by molar-refractivity contribution is -0.132. The van der Waals surface area contributed by atoms with Crippen molar-refractivity contribution in [3.8, 4) is 0 Å². The van der Waals surface area contributed by atoms with Gasteiger partial charge in [-0.15, -0.1) is 10.2 Å². The molecule has 1 amide bonds. The van der Waals surface area contributed by atoms with Crippen molar-refractivity contribution in [2.75, 3.05) is 32.7 Å². The number of hydrogen-bond acceptors (Lipinski definition) is 4. The number of hydrogen-bond donors (Lipinski definition) is 0. The van der Waals surface area contributed by atoms with E-state index in [9.17, 15) is 4.79 Å². The lowest BCUT2D eigenvalue weighted by Gasteiger charge is -2.42. The van der Waals surface area contributed by atoms with Crippen LogP contribution in [-0.4, -0.2) is 63.2 Å². The third-order valence-corrected chi connectivity index (χ3v) is 7.52. The second-order valence-corrected chi connectivity index (χ2v) is 9.52. The Morgan fingerprint density at radius 3 is 2.56 bits per heavy atom. The van der Waals surface area contributed by atoms with Gasteiger partial charge in [0.1, 0.15) is 12.2 Å². The molecule has 6 nitrogen and oxygen atoms in total. The smallest absolute Gasteiger partial charge is 0.236 e. The van der Waals surface area contributed by atoms with Gasteiger partial charge in [0.15, 0.2) is 0 Å². The fourth-order valence-electron chi connectivity index (χ4n) is 5.49. The van der Waals surface area contributed by atoms with Crippen molar-refractivity contribution in [2.24, 2.45) is 11.3 Å². The molecule has 2 saturated carbocycles. The second-order valence-electron chi connectivity index (χ2n) is 9.52. The Balaban J connectivity index is 1.29. The largest absolute Gasteiger partial charge is 0.340 e. The first-order chi connectivity index (χ1) is 13.2. The number of likely N-dealkylation sites (tertiary alicyclic amines) is 2. The van der Waals surface area contributed by atoms with Gasteiger partial charge in [-0.05, 0) is 62.9 Å². The van der Waals surface area contributed by atoms with Crippen molar-refractivity contribution in [1.82, 2.24) is 24.6 Å². The summed E-state index contributed by atoms with van der Waals surface area (Å²) in [5.41, 5.74) is 0.267. The van der Waals surface area contributed by atoms with E-state index in [0.29, 0.717) is 18.4 Å². The summed E-state index contributed by atoms with van der Waals surface area (Å²) in [5.74, 6) is 2.67. The highest BCUT2D eigenvalue weighted by atomic mass is 16.2. The van der Waals surface area contributed by atoms with Gasteiger partial charge in [0.2, 0.25) is 5.91 Å². The molecule has 1 atom stereocenters. The molecule has 148 valence electrons. The predicted octanol–water partition coefficient (Wildman–Crippen LogP) is 2.66. The van der Waals surface area contributed by atoms with Crippen molar-refractivity contribution in [1.29, 1.82) is 0 Å². The monoisotopic (exact) mass is 371 g/mol. The van der Waals surface area contributed by atoms with Gasteiger partial charge in [0.25, 0.3) is 0 Å². The van der Waals surface area contributed by atoms with Crippen LogP contribution >= 0.6 is 0 Å². The standard InChI is InChI=1S/C21H33N5O/c27-19(14-24-10-3-1-2-4-11-24)25-13-18(21(15-25)8-5-9-21)20-23-22-16-26(20)12-17-6-7-17/h16-18H,1-15H2. The van der Waals surface area contributed by atoms with Crippen molar-refractivity contribution < 1.29 is 4.79 Å². The van der Waals surface area contributed by atoms with Gasteiger partial charge < -0.3 is 9.47 Å². The Kier molecular flexibility index (Phi) is 4.70. The Morgan fingerprint density at radius 2 is 1.89 bits per heavy atom. The van der Waals surface area contributed by atoms with Crippen molar-refractivity contribution in [3.63, 3.8) is 0 Å². The summed E-state index contributed by atoms with van der Waals surface area (Å²) in [5, 5.41) is 8.79. The molecular weight excluding hydrogens is 338 g/mol. The molecule has 0 radical (unpaired) electrons. The van der Waals surface area contributed by atoms with Gasteiger partial charge in [-0.2, -0.15) is 0 Å². The molecule has 1 aromatic rings. The third kappa shape index (κ3) is 3.53. The number of amides is 1. The molecule has 5 rings (SSSR count). The number of carbonyl (C=O) groups excluding carboxylic acids is 1. The SMILES string of the molecule is O=C(CN1CCCCCC1)N1CC(c2nncn2CC2CC2)C2(CCC2)C1. The number of rotatable bonds is 5. The summed E-state index contributed by atoms with van der Waals surface area (Å²) in [6.07, 6.45) is 13.5. The van der Waals surface area contributed by atoms with Gasteiger partial charge in [-0.1, -0.05) is 19.3 Å². The van der Waals surface area contributed by atoms with Gasteiger partial charge in [-0.3, -0.25) is 9.69 Å². The highest BCUT2D eigenvalue weighted by Crippen LogP contribution is 2.55. The van der Waals surface area contributed by atoms with E-state index in [1.54, 1.807) is 0 Å². The summed E-state index contributed by atoms with van der Waals surface area (Å²) >= 11 is 0. The predicted molar refractivity (Wildman–Crippen MR) is 103 cm³/mol. The topological polar surface area (TPSA) is 54.3 Å². The van der Waals surface area contributed by atoms with Crippen molar-refractivity contribution in [2.45, 2.75) is 70.3 Å². The first-order valence-corrected chi connectivity index (χ1v) is 11.1. The van der Waals surface area contributed by atoms with E-state index in [4.69, 9.17) is 0 Å². The maximum Gasteiger partial charge on any atom is 0.236 e. The van der Waals surface area contributed by atoms with E-state index < -0.39 is 0 Å². The first-order valence-electron chi connectivity index (χ1n) is 11.1. The molecule has 2 aliphatic heterocycles. The summed E-state index contributed by atoms with van der Waals surface area (Å²) in [7, 11) is 0. The molecule has 0 N–H and O–H groups in total. The zero-order valence-corrected chi connectivity index (χ0v) is 16.5. The molecule has 4 aliphatic rings. The quantitative estimate of drug-likeness (QED) is 0.798. The fraction of sp³-hybridized carbons (Fsp3) is 0.857. The molecule has 6 heteroatoms. The lowest BCUT2D eigenvalue weighted by Crippen LogP contribution is -2.42. The van der Waals surface area contributed by atoms with Crippen LogP contribution < -0.4 is 0 Å². The zero-order valence-electron chi connectivity index (χ0n) is 16.5. The average molecular weight is 372 g/mol. The molecule has 2 saturated heterocycles. The molecular formula is C21H33N5O. The van der Waals surface area contributed by atoms with Crippen LogP contribution in [-0.2, 0) is 11.3 Å². The molecule has 1 spiro atoms. The normalized spacial score (nSPS) is 28.3. The lowest BCUT2D eigenvalue weighted by atomic mass is 9.62. The van der Waals surface area contributed by atoms with E-state index in [1.165, 1.54) is 57.8 Å². The van der Waals surface area contributed by atoms with E-state index in [2.05, 4.69) is 24.6 Å². The second kappa shape index (κ2) is 7.19. The Hall–Kier alpha value is -1.43. The molecule has 4 fully saturated rings. The Bertz CT molecular complexity index is 670. The van der Waals surface area contributed by atoms with Crippen LogP contribution in [0.3, 0.4) is 0 Å². The maximum absolute atomic E-state index is 13.1. The van der Waals surface area contributed by atoms with Gasteiger partial charge >= 0.3 is 0 Å². The number of carbonyl (C=O) groups is 1. The Morgan fingerprint density at radius 1 is 1.11 bits per heavy atom. The van der Waals surface area contributed by atoms with E-state index >= 15 is 0 Å². The minimum atomic E-state index is 0.267. The van der Waals surface area contributed by atoms with E-state index in [-0.39, 0.29) is 5.41 Å². The molecule has 3 heterocycles. The van der Waals surface area contributed by atoms with Crippen LogP contribution in [0.25, 0.3) is 0 Å². The summed E-state index contributed by atoms with van der Waals surface area (Å²) in [6, 6.07) is 0. The highest BCUT2D eigenvalue weighted by molar-refractivity contribution is 5.79. The number of nitrogens with zero attached hydrogens (tertiary/aromatic N) is 5. The minimum Gasteiger partial charge on any atom is -0.340 e. The van der Waals surface area contributed by atoms with Gasteiger partial charge in [0.05, 0.1) is 6.54 Å². The molecule has 1 aromatic heterocycles. The molecule has 0 bridgehead atoms. The Labute approximate surface area is 162 Å². The van der Waals surface area contributed by atoms with Crippen LogP contribution in [0.15, 0.2) is 6.33 Å². The van der Waals surface area contributed by atoms with Gasteiger partial charge in [0, 0.05) is 25.6 Å². The first kappa shape index (κ1) is 17.7. The number of aromatic nitrogens is 3. The summed E-state index contributed by atoms with van der Waals surface area (Å²) in [4.78, 5) is 17.6. The third-order valence-electron chi connectivity index (χ3n) is 7.52. The van der Waals surface area contributed by atoms with E-state index in [0.717, 1.165) is 44.5 Å². The van der Waals surface area contributed by atoms with Crippen LogP contribution in [0, 0.1) is 11.3 Å². The average Bonchev–Trinajstić information content (AvgIpc) is 3.25. The molecule has 1 unspecified atom stereocenters. The van der Waals surface area contributed by atoms with Crippen LogP contribution in [0.1, 0.15) is 69.5 Å². The minimum absolute atomic E-state index is 0.267. The van der Waals surface area contributed by atoms with Gasteiger partial charge in [-0.25, -0.2) is 0 Å². The maximum atomic E-state index is 13.1. The van der Waals surface area contributed by atoms with Crippen LogP contribution in [0.2, 0.25) is 0 Å². The molecule has 27 heavy (non-hydrogen) atoms. The molecule has 0 aromatic carbocycles. The van der Waals surface area contributed by atoms with E-state index in [1.807, 2.05) is 6.33 Å². The van der Waals surface area contributed by atoms with Crippen LogP contribution in [0.4, 0.5) is 0 Å². The fourth-order valence-corrected chi connectivity index (χ4v) is 5.49. The summed E-state index contributed by atoms with van der Waals surface area (Å²) < 4.78 is 2.30. The highest BCUT2D eigenvalue weighted by Gasteiger charge is 2.53. The summed E-state index contributed by atoms with van der Waals surface area (Å²) in [6.45, 7) is 5.62. The van der Waals surface area contributed by atoms with Crippen molar-refractivity contribution in [3.05, 3.63) is 12.2 Å². The zero-order chi connectivity index (χ0) is 18.3. The van der Waals surface area contributed by atoms with Crippen LogP contribution in [0.5, 0.6) is 0 Å². The molecule has 2 aliphatic carbocycles. The van der Waals surface area contributed by atoms with Crippen molar-refractivity contribution >= 4 is 5.91 Å².